The number of nitrogens with one attached hydrogen (secondary N) is 1. The van der Waals surface area contributed by atoms with E-state index in [2.05, 4.69) is 4.72 Å². The number of methoxy groups -OCH3 is 1. The van der Waals surface area contributed by atoms with Gasteiger partial charge in [-0.1, -0.05) is 6.07 Å². The smallest absolute Gasteiger partial charge is 0.331 e. The van der Waals surface area contributed by atoms with E-state index in [1.807, 2.05) is 0 Å². The molecule has 1 aromatic rings. The molecule has 0 saturated heterocycles. The maximum absolute atomic E-state index is 12.0. The van der Waals surface area contributed by atoms with Gasteiger partial charge < -0.3 is 9.47 Å². The van der Waals surface area contributed by atoms with Gasteiger partial charge in [-0.15, -0.1) is 0 Å². The first-order valence-corrected chi connectivity index (χ1v) is 8.88. The largest absolute Gasteiger partial charge is 0.495 e. The van der Waals surface area contributed by atoms with Crippen LogP contribution < -0.4 is 9.46 Å². The van der Waals surface area contributed by atoms with E-state index >= 15 is 0 Å². The van der Waals surface area contributed by atoms with E-state index in [1.165, 1.54) is 38.4 Å². The summed E-state index contributed by atoms with van der Waals surface area (Å²) in [5.74, 6) is -0.506. The van der Waals surface area contributed by atoms with Crippen LogP contribution in [0.15, 0.2) is 29.2 Å². The molecule has 8 heteroatoms. The maximum atomic E-state index is 12.0. The predicted molar refractivity (Wildman–Crippen MR) is 87.0 cm³/mol. The van der Waals surface area contributed by atoms with Crippen molar-refractivity contribution < 1.29 is 27.5 Å². The summed E-state index contributed by atoms with van der Waals surface area (Å²) >= 11 is 0. The lowest BCUT2D eigenvalue weighted by atomic mass is 10.2. The highest BCUT2D eigenvalue weighted by Crippen LogP contribution is 2.25. The van der Waals surface area contributed by atoms with E-state index in [-0.39, 0.29) is 16.4 Å². The molecule has 0 heterocycles. The summed E-state index contributed by atoms with van der Waals surface area (Å²) in [5, 5.41) is 0. The van der Waals surface area contributed by atoms with Gasteiger partial charge in [0.2, 0.25) is 10.0 Å². The lowest BCUT2D eigenvalue weighted by molar-refractivity contribution is -0.148. The Morgan fingerprint density at radius 2 is 2.12 bits per heavy atom. The second-order valence-electron chi connectivity index (χ2n) is 5.24. The zero-order chi connectivity index (χ0) is 17.7. The molecule has 1 fully saturated rings. The van der Waals surface area contributed by atoms with Crippen molar-refractivity contribution >= 4 is 27.9 Å². The molecule has 0 unspecified atom stereocenters. The number of carbonyl (C=O) groups excluding carboxylic acids is 2. The molecule has 24 heavy (non-hydrogen) atoms. The summed E-state index contributed by atoms with van der Waals surface area (Å²) in [6, 6.07) is 4.49. The third-order valence-electron chi connectivity index (χ3n) is 3.66. The van der Waals surface area contributed by atoms with Gasteiger partial charge in [0.15, 0.2) is 11.9 Å². The van der Waals surface area contributed by atoms with E-state index in [0.29, 0.717) is 18.4 Å². The molecule has 0 bridgehead atoms. The molecule has 7 nitrogen and oxygen atoms in total. The molecule has 0 spiro atoms. The molecule has 2 rings (SSSR count). The number of benzene rings is 1. The molecular weight excluding hydrogens is 334 g/mol. The van der Waals surface area contributed by atoms with Gasteiger partial charge in [-0.3, -0.25) is 4.79 Å². The number of rotatable bonds is 6. The van der Waals surface area contributed by atoms with Crippen molar-refractivity contribution in [1.82, 2.24) is 4.72 Å². The molecule has 0 radical (unpaired) electrons. The van der Waals surface area contributed by atoms with Crippen molar-refractivity contribution in [2.24, 2.45) is 0 Å². The Morgan fingerprint density at radius 1 is 1.38 bits per heavy atom. The highest BCUT2D eigenvalue weighted by atomic mass is 32.2. The molecule has 130 valence electrons. The Hall–Kier alpha value is -2.19. The maximum Gasteiger partial charge on any atom is 0.331 e. The molecule has 1 aromatic carbocycles. The van der Waals surface area contributed by atoms with Gasteiger partial charge >= 0.3 is 5.97 Å². The quantitative estimate of drug-likeness (QED) is 0.611. The SMILES string of the molecule is CNS(=O)(=O)c1cc(/C=C/C(=O)O[C@H]2CCCC2=O)ccc1OC. The van der Waals surface area contributed by atoms with Crippen LogP contribution in [-0.4, -0.2) is 40.4 Å². The van der Waals surface area contributed by atoms with Crippen molar-refractivity contribution in [2.45, 2.75) is 30.3 Å². The van der Waals surface area contributed by atoms with Gasteiger partial charge in [0.25, 0.3) is 0 Å². The number of Topliss-reactive ketones (excluding diaryl/α,β-unsaturated/α-hetero) is 1. The lowest BCUT2D eigenvalue weighted by Gasteiger charge is -2.10. The van der Waals surface area contributed by atoms with E-state index < -0.39 is 22.1 Å². The first-order valence-electron chi connectivity index (χ1n) is 7.40. The van der Waals surface area contributed by atoms with E-state index in [1.54, 1.807) is 6.07 Å². The van der Waals surface area contributed by atoms with Crippen LogP contribution in [0.2, 0.25) is 0 Å². The average Bonchev–Trinajstić information content (AvgIpc) is 2.97. The van der Waals surface area contributed by atoms with Gasteiger partial charge in [0.1, 0.15) is 10.6 Å². The van der Waals surface area contributed by atoms with Crippen LogP contribution in [0.3, 0.4) is 0 Å². The molecule has 0 aliphatic heterocycles. The number of ketones is 1. The van der Waals surface area contributed by atoms with Crippen molar-refractivity contribution in [3.63, 3.8) is 0 Å². The topological polar surface area (TPSA) is 98.8 Å². The van der Waals surface area contributed by atoms with Crippen LogP contribution in [0, 0.1) is 0 Å². The molecule has 0 amide bonds. The summed E-state index contributed by atoms with van der Waals surface area (Å²) in [4.78, 5) is 23.2. The van der Waals surface area contributed by atoms with Crippen LogP contribution >= 0.6 is 0 Å². The highest BCUT2D eigenvalue weighted by molar-refractivity contribution is 7.89. The first-order chi connectivity index (χ1) is 11.4. The Bertz CT molecular complexity index is 769. The van der Waals surface area contributed by atoms with Crippen molar-refractivity contribution in [2.75, 3.05) is 14.2 Å². The first kappa shape index (κ1) is 18.2. The monoisotopic (exact) mass is 353 g/mol. The minimum absolute atomic E-state index is 0.0333. The zero-order valence-electron chi connectivity index (χ0n) is 13.4. The number of carbonyl (C=O) groups is 2. The molecule has 1 N–H and O–H groups in total. The number of hydrogen-bond acceptors (Lipinski definition) is 6. The summed E-state index contributed by atoms with van der Waals surface area (Å²) < 4.78 is 36.3. The van der Waals surface area contributed by atoms with E-state index in [0.717, 1.165) is 6.42 Å². The zero-order valence-corrected chi connectivity index (χ0v) is 14.3. The van der Waals surface area contributed by atoms with Gasteiger partial charge in [-0.05, 0) is 43.7 Å². The molecule has 1 aliphatic carbocycles. The third-order valence-corrected chi connectivity index (χ3v) is 5.10. The Kier molecular flexibility index (Phi) is 5.74. The second-order valence-corrected chi connectivity index (χ2v) is 7.09. The number of sulfonamides is 1. The van der Waals surface area contributed by atoms with Gasteiger partial charge in [0, 0.05) is 12.5 Å². The minimum atomic E-state index is -3.70. The fourth-order valence-corrected chi connectivity index (χ4v) is 3.30. The van der Waals surface area contributed by atoms with E-state index in [4.69, 9.17) is 9.47 Å². The normalized spacial score (nSPS) is 18.1. The van der Waals surface area contributed by atoms with Crippen molar-refractivity contribution in [3.05, 3.63) is 29.8 Å². The molecular formula is C16H19NO6S. The van der Waals surface area contributed by atoms with Crippen LogP contribution in [0.25, 0.3) is 6.08 Å². The fourth-order valence-electron chi connectivity index (χ4n) is 2.37. The van der Waals surface area contributed by atoms with Crippen LogP contribution in [0.4, 0.5) is 0 Å². The fraction of sp³-hybridized carbons (Fsp3) is 0.375. The molecule has 0 aromatic heterocycles. The number of ether oxygens (including phenoxy) is 2. The van der Waals surface area contributed by atoms with Gasteiger partial charge in [-0.25, -0.2) is 17.9 Å². The van der Waals surface area contributed by atoms with Gasteiger partial charge in [0.05, 0.1) is 7.11 Å². The van der Waals surface area contributed by atoms with Crippen LogP contribution in [0.1, 0.15) is 24.8 Å². The predicted octanol–water partition coefficient (Wildman–Crippen LogP) is 1.28. The number of hydrogen-bond donors (Lipinski definition) is 1. The van der Waals surface area contributed by atoms with Crippen molar-refractivity contribution in [1.29, 1.82) is 0 Å². The average molecular weight is 353 g/mol. The van der Waals surface area contributed by atoms with E-state index in [9.17, 15) is 18.0 Å². The number of esters is 1. The minimum Gasteiger partial charge on any atom is -0.495 e. The molecule has 1 aliphatic rings. The summed E-state index contributed by atoms with van der Waals surface area (Å²) in [5.41, 5.74) is 0.485. The molecule has 1 atom stereocenters. The summed E-state index contributed by atoms with van der Waals surface area (Å²) in [6.45, 7) is 0. The molecule has 1 saturated carbocycles. The second kappa shape index (κ2) is 7.59. The third kappa shape index (κ3) is 4.21. The van der Waals surface area contributed by atoms with Crippen molar-refractivity contribution in [3.8, 4) is 5.75 Å². The van der Waals surface area contributed by atoms with Crippen LogP contribution in [-0.2, 0) is 24.3 Å². The Balaban J connectivity index is 2.16. The highest BCUT2D eigenvalue weighted by Gasteiger charge is 2.27. The Morgan fingerprint density at radius 3 is 2.71 bits per heavy atom. The summed E-state index contributed by atoms with van der Waals surface area (Å²) in [6.07, 6.45) is 3.64. The lowest BCUT2D eigenvalue weighted by Crippen LogP contribution is -2.20. The summed E-state index contributed by atoms with van der Waals surface area (Å²) in [7, 11) is -1.03. The van der Waals surface area contributed by atoms with Gasteiger partial charge in [-0.2, -0.15) is 0 Å². The standard InChI is InChI=1S/C16H19NO6S/c1-17-24(20,21)15-10-11(6-8-14(15)22-2)7-9-16(19)23-13-5-3-4-12(13)18/h6-10,13,17H,3-5H2,1-2H3/b9-7+/t13-/m0/s1. The van der Waals surface area contributed by atoms with Crippen LogP contribution in [0.5, 0.6) is 5.75 Å². The Labute approximate surface area is 140 Å².